The van der Waals surface area contributed by atoms with Crippen LogP contribution in [0.4, 0.5) is 0 Å². The molecule has 0 radical (unpaired) electrons. The molecule has 2 N–H and O–H groups in total. The molecule has 0 saturated heterocycles. The van der Waals surface area contributed by atoms with Crippen LogP contribution < -0.4 is 10.6 Å². The highest BCUT2D eigenvalue weighted by atomic mass is 127. The molecule has 4 nitrogen and oxygen atoms in total. The summed E-state index contributed by atoms with van der Waals surface area (Å²) >= 11 is 5.86. The highest BCUT2D eigenvalue weighted by Gasteiger charge is 1.98. The van der Waals surface area contributed by atoms with Crippen LogP contribution in [0.2, 0.25) is 5.02 Å². The van der Waals surface area contributed by atoms with Crippen molar-refractivity contribution in [2.45, 2.75) is 26.3 Å². The fraction of sp³-hybridized carbons (Fsp3) is 0.533. The summed E-state index contributed by atoms with van der Waals surface area (Å²) < 4.78 is 5.30. The van der Waals surface area contributed by atoms with Gasteiger partial charge < -0.3 is 15.4 Å². The molecule has 21 heavy (non-hydrogen) atoms. The van der Waals surface area contributed by atoms with E-state index in [0.29, 0.717) is 0 Å². The lowest BCUT2D eigenvalue weighted by Crippen LogP contribution is -2.37. The van der Waals surface area contributed by atoms with Gasteiger partial charge in [-0.3, -0.25) is 4.99 Å². The Hall–Kier alpha value is -0.530. The van der Waals surface area contributed by atoms with Gasteiger partial charge >= 0.3 is 0 Å². The first-order chi connectivity index (χ1) is 9.76. The monoisotopic (exact) mass is 425 g/mol. The van der Waals surface area contributed by atoms with Gasteiger partial charge in [-0.25, -0.2) is 0 Å². The molecule has 0 aliphatic carbocycles. The van der Waals surface area contributed by atoms with Crippen molar-refractivity contribution in [3.05, 3.63) is 34.9 Å². The summed E-state index contributed by atoms with van der Waals surface area (Å²) in [6.07, 6.45) is 2.14. The van der Waals surface area contributed by atoms with Crippen LogP contribution in [0.25, 0.3) is 0 Å². The smallest absolute Gasteiger partial charge is 0.191 e. The fourth-order valence-electron chi connectivity index (χ4n) is 1.69. The number of rotatable bonds is 8. The van der Waals surface area contributed by atoms with Gasteiger partial charge in [0.05, 0.1) is 0 Å². The van der Waals surface area contributed by atoms with E-state index in [-0.39, 0.29) is 24.0 Å². The average molecular weight is 426 g/mol. The van der Waals surface area contributed by atoms with Gasteiger partial charge in [0.1, 0.15) is 0 Å². The minimum atomic E-state index is 0. The van der Waals surface area contributed by atoms with Crippen LogP contribution in [0, 0.1) is 0 Å². The molecule has 0 amide bonds. The molecule has 0 bridgehead atoms. The molecule has 0 atom stereocenters. The number of halogens is 2. The van der Waals surface area contributed by atoms with E-state index in [1.54, 1.807) is 7.05 Å². The molecular weight excluding hydrogens is 401 g/mol. The van der Waals surface area contributed by atoms with Gasteiger partial charge in [0.25, 0.3) is 0 Å². The number of unbranched alkanes of at least 4 members (excludes halogenated alkanes) is 1. The third-order valence-electron chi connectivity index (χ3n) is 2.81. The maximum Gasteiger partial charge on any atom is 0.191 e. The van der Waals surface area contributed by atoms with E-state index in [1.165, 1.54) is 5.56 Å². The summed E-state index contributed by atoms with van der Waals surface area (Å²) in [4.78, 5) is 4.19. The molecule has 1 aromatic carbocycles. The molecule has 6 heteroatoms. The first kappa shape index (κ1) is 20.5. The minimum absolute atomic E-state index is 0. The number of nitrogens with zero attached hydrogens (tertiary/aromatic N) is 1. The van der Waals surface area contributed by atoms with Gasteiger partial charge in [-0.1, -0.05) is 23.7 Å². The van der Waals surface area contributed by atoms with Crippen LogP contribution in [0.3, 0.4) is 0 Å². The summed E-state index contributed by atoms with van der Waals surface area (Å²) in [6.45, 7) is 5.26. The standard InChI is InChI=1S/C15H24ClN3O.HI/c1-3-20-11-5-4-10-18-15(17-2)19-12-13-6-8-14(16)9-7-13;/h6-9H,3-5,10-12H2,1-2H3,(H2,17,18,19);1H. The van der Waals surface area contributed by atoms with Crippen LogP contribution in [-0.4, -0.2) is 32.8 Å². The van der Waals surface area contributed by atoms with E-state index in [0.717, 1.165) is 50.1 Å². The maximum atomic E-state index is 5.86. The molecule has 0 saturated carbocycles. The van der Waals surface area contributed by atoms with Crippen molar-refractivity contribution in [1.29, 1.82) is 0 Å². The maximum absolute atomic E-state index is 5.86. The Morgan fingerprint density at radius 1 is 1.19 bits per heavy atom. The third kappa shape index (κ3) is 9.92. The van der Waals surface area contributed by atoms with Gasteiger partial charge in [-0.2, -0.15) is 0 Å². The summed E-state index contributed by atoms with van der Waals surface area (Å²) in [6, 6.07) is 7.79. The zero-order chi connectivity index (χ0) is 14.6. The Balaban J connectivity index is 0.00000400. The first-order valence-electron chi connectivity index (χ1n) is 7.03. The number of aliphatic imine (C=N–C) groups is 1. The van der Waals surface area contributed by atoms with Crippen LogP contribution in [0.1, 0.15) is 25.3 Å². The van der Waals surface area contributed by atoms with Crippen molar-refractivity contribution in [2.75, 3.05) is 26.8 Å². The lowest BCUT2D eigenvalue weighted by atomic mass is 10.2. The predicted octanol–water partition coefficient (Wildman–Crippen LogP) is 3.44. The summed E-state index contributed by atoms with van der Waals surface area (Å²) in [5, 5.41) is 7.31. The van der Waals surface area contributed by atoms with E-state index in [2.05, 4.69) is 15.6 Å². The Morgan fingerprint density at radius 3 is 2.52 bits per heavy atom. The average Bonchev–Trinajstić information content (AvgIpc) is 2.47. The predicted molar refractivity (Wildman–Crippen MR) is 101 cm³/mol. The topological polar surface area (TPSA) is 45.6 Å². The second-order valence-electron chi connectivity index (χ2n) is 4.38. The largest absolute Gasteiger partial charge is 0.382 e. The van der Waals surface area contributed by atoms with Crippen LogP contribution >= 0.6 is 35.6 Å². The van der Waals surface area contributed by atoms with Crippen molar-refractivity contribution < 1.29 is 4.74 Å². The Labute approximate surface area is 149 Å². The number of ether oxygens (including phenoxy) is 1. The minimum Gasteiger partial charge on any atom is -0.382 e. The van der Waals surface area contributed by atoms with Gasteiger partial charge in [0, 0.05) is 38.4 Å². The molecular formula is C15H25ClIN3O. The molecule has 1 rings (SSSR count). The first-order valence-corrected chi connectivity index (χ1v) is 7.40. The van der Waals surface area contributed by atoms with Crippen molar-refractivity contribution in [3.8, 4) is 0 Å². The number of hydrogen-bond donors (Lipinski definition) is 2. The van der Waals surface area contributed by atoms with Crippen molar-refractivity contribution >= 4 is 41.5 Å². The second-order valence-corrected chi connectivity index (χ2v) is 4.82. The quantitative estimate of drug-likeness (QED) is 0.290. The molecule has 0 unspecified atom stereocenters. The Kier molecular flexibility index (Phi) is 12.8. The van der Waals surface area contributed by atoms with Gasteiger partial charge in [0.2, 0.25) is 0 Å². The number of nitrogens with one attached hydrogen (secondary N) is 2. The molecule has 120 valence electrons. The van der Waals surface area contributed by atoms with Crippen molar-refractivity contribution in [2.24, 2.45) is 4.99 Å². The zero-order valence-corrected chi connectivity index (χ0v) is 15.8. The molecule has 0 aliphatic rings. The number of guanidine groups is 1. The highest BCUT2D eigenvalue weighted by Crippen LogP contribution is 2.08. The SMILES string of the molecule is CCOCCCCNC(=NC)NCc1ccc(Cl)cc1.I. The molecule has 0 heterocycles. The van der Waals surface area contributed by atoms with Crippen LogP contribution in [0.15, 0.2) is 29.3 Å². The summed E-state index contributed by atoms with van der Waals surface area (Å²) in [7, 11) is 1.78. The molecule has 0 aliphatic heterocycles. The second kappa shape index (κ2) is 13.2. The normalized spacial score (nSPS) is 10.9. The van der Waals surface area contributed by atoms with Crippen LogP contribution in [0.5, 0.6) is 0 Å². The molecule has 0 spiro atoms. The lowest BCUT2D eigenvalue weighted by Gasteiger charge is -2.12. The van der Waals surface area contributed by atoms with E-state index >= 15 is 0 Å². The fourth-order valence-corrected chi connectivity index (χ4v) is 1.81. The summed E-state index contributed by atoms with van der Waals surface area (Å²) in [5.41, 5.74) is 1.17. The number of benzene rings is 1. The molecule has 0 fully saturated rings. The van der Waals surface area contributed by atoms with Crippen molar-refractivity contribution in [3.63, 3.8) is 0 Å². The van der Waals surface area contributed by atoms with Gasteiger partial charge in [-0.05, 0) is 37.5 Å². The molecule has 1 aromatic rings. The van der Waals surface area contributed by atoms with Gasteiger partial charge in [-0.15, -0.1) is 24.0 Å². The zero-order valence-electron chi connectivity index (χ0n) is 12.7. The third-order valence-corrected chi connectivity index (χ3v) is 3.06. The van der Waals surface area contributed by atoms with E-state index < -0.39 is 0 Å². The van der Waals surface area contributed by atoms with Crippen molar-refractivity contribution in [1.82, 2.24) is 10.6 Å². The van der Waals surface area contributed by atoms with Crippen LogP contribution in [-0.2, 0) is 11.3 Å². The highest BCUT2D eigenvalue weighted by molar-refractivity contribution is 14.0. The van der Waals surface area contributed by atoms with E-state index in [9.17, 15) is 0 Å². The summed E-state index contributed by atoms with van der Waals surface area (Å²) in [5.74, 6) is 0.816. The lowest BCUT2D eigenvalue weighted by molar-refractivity contribution is 0.143. The Bertz CT molecular complexity index is 398. The van der Waals surface area contributed by atoms with E-state index in [1.807, 2.05) is 31.2 Å². The number of hydrogen-bond acceptors (Lipinski definition) is 2. The van der Waals surface area contributed by atoms with Gasteiger partial charge in [0.15, 0.2) is 5.96 Å². The molecule has 0 aromatic heterocycles. The van der Waals surface area contributed by atoms with E-state index in [4.69, 9.17) is 16.3 Å². The Morgan fingerprint density at radius 2 is 1.90 bits per heavy atom.